The maximum absolute atomic E-state index is 14.7. The van der Waals surface area contributed by atoms with Gasteiger partial charge in [-0.15, -0.1) is 0 Å². The van der Waals surface area contributed by atoms with Crippen molar-refractivity contribution in [2.24, 2.45) is 0 Å². The maximum atomic E-state index is 14.7. The molecule has 6 fully saturated rings. The first-order chi connectivity index (χ1) is 43.0. The van der Waals surface area contributed by atoms with Crippen LogP contribution in [0, 0.1) is 38.2 Å². The molecule has 6 atom stereocenters. The molecule has 25 heteroatoms. The van der Waals surface area contributed by atoms with Gasteiger partial charge < -0.3 is 44.8 Å². The van der Waals surface area contributed by atoms with Crippen molar-refractivity contribution in [1.29, 1.82) is 0 Å². The van der Waals surface area contributed by atoms with E-state index in [1.54, 1.807) is 53.9 Å². The molecule has 22 nitrogen and oxygen atoms in total. The van der Waals surface area contributed by atoms with E-state index >= 15 is 0 Å². The Bertz CT molecular complexity index is 3630. The van der Waals surface area contributed by atoms with Crippen LogP contribution < -0.4 is 35.5 Å². The first-order valence-electron chi connectivity index (χ1n) is 30.1. The normalized spacial score (nSPS) is 23.3. The minimum atomic E-state index is -0.422. The van der Waals surface area contributed by atoms with E-state index in [2.05, 4.69) is 76.3 Å². The van der Waals surface area contributed by atoms with Crippen molar-refractivity contribution in [2.75, 3.05) is 18.5 Å². The highest BCUT2D eigenvalue weighted by Gasteiger charge is 2.37. The van der Waals surface area contributed by atoms with Gasteiger partial charge in [0.05, 0.1) is 53.6 Å². The molecular formula is C63H69F3N18O4. The predicted octanol–water partition coefficient (Wildman–Crippen LogP) is 8.27. The Morgan fingerprint density at radius 2 is 0.955 bits per heavy atom. The van der Waals surface area contributed by atoms with Gasteiger partial charge in [0.15, 0.2) is 0 Å². The molecule has 0 spiro atoms. The lowest BCUT2D eigenvalue weighted by Crippen LogP contribution is -2.56. The van der Waals surface area contributed by atoms with E-state index in [0.29, 0.717) is 114 Å². The number of fused-ring (bicyclic) bond motifs is 6. The van der Waals surface area contributed by atoms with Gasteiger partial charge in [0.25, 0.3) is 0 Å². The van der Waals surface area contributed by atoms with Crippen LogP contribution in [-0.4, -0.2) is 137 Å². The minimum absolute atomic E-state index is 0.0605. The molecule has 6 unspecified atom stereocenters. The molecule has 6 aromatic heterocycles. The Balaban J connectivity index is 0.000000122. The van der Waals surface area contributed by atoms with Crippen LogP contribution in [0.1, 0.15) is 103 Å². The van der Waals surface area contributed by atoms with Crippen molar-refractivity contribution in [2.45, 2.75) is 152 Å². The van der Waals surface area contributed by atoms with Crippen molar-refractivity contribution in [3.05, 3.63) is 174 Å². The fraction of sp³-hybridized carbons (Fsp3) is 0.413. The number of morpholine rings is 1. The number of anilines is 2. The second kappa shape index (κ2) is 26.3. The number of piperidine rings is 3. The van der Waals surface area contributed by atoms with Gasteiger partial charge in [-0.3, -0.25) is 0 Å². The molecule has 88 heavy (non-hydrogen) atoms. The summed E-state index contributed by atoms with van der Waals surface area (Å²) in [6.45, 7) is 7.18. The van der Waals surface area contributed by atoms with Crippen molar-refractivity contribution in [1.82, 2.24) is 84.9 Å². The zero-order chi connectivity index (χ0) is 60.1. The maximum Gasteiger partial charge on any atom is 0.221 e. The van der Waals surface area contributed by atoms with Crippen LogP contribution in [0.5, 0.6) is 17.6 Å². The summed E-state index contributed by atoms with van der Waals surface area (Å²) in [7, 11) is 0. The SMILES string of the molecule is Cc1c(Cc2ccc(-n3ccnc3)cc2F)ncnc1OC1CC2CCC(C1)N2.Cc1c(Cc2ccc(-n3cncn3)cc2F)ncnc1OC1CC2CCC(C1)N2.Cc1c(Nc2ccc(-n3cncn3)cc2F)ncnc1OC1CC2COCC(C1)N2. The standard InChI is InChI=1S/C22H24FN5O.C21H23FN6O.C20H22FN7O2/c1-14-21(8-15-2-5-18(11-20(15)23)28-7-6-24-13-28)25-12-26-22(14)29-19-9-16-3-4-17(10-19)27-16;1-13-20(6-14-2-5-17(9-19(14)22)28-12-23-10-26-28)24-11-25-21(13)29-18-7-15-3-4-16(8-18)27-15;1-12-19(27-18-3-2-15(6-17(18)21)28-11-22-9-25-28)23-10-24-20(12)30-16-4-13-7-29-8-14(5-16)26-13/h2,5-7,11-13,16-17,19,27H,3-4,8-10H2,1H3;2,5,9-12,15-16,18,27H,3-4,6-8H2,1H3;2-3,6,9-11,13-14,16,26H,4-5,7-8H2,1H3,(H,23,24,27). The Morgan fingerprint density at radius 1 is 0.500 bits per heavy atom. The summed E-state index contributed by atoms with van der Waals surface area (Å²) in [5.74, 6) is 1.27. The van der Waals surface area contributed by atoms with Gasteiger partial charge in [0, 0.05) is 97.2 Å². The number of nitrogens with zero attached hydrogens (tertiary/aromatic N) is 14. The highest BCUT2D eigenvalue weighted by atomic mass is 19.1. The number of rotatable bonds is 15. The van der Waals surface area contributed by atoms with E-state index in [-0.39, 0.29) is 29.9 Å². The van der Waals surface area contributed by atoms with E-state index in [4.69, 9.17) is 18.9 Å². The van der Waals surface area contributed by atoms with Crippen molar-refractivity contribution < 1.29 is 32.1 Å². The van der Waals surface area contributed by atoms with Crippen molar-refractivity contribution in [3.8, 4) is 34.7 Å². The number of ether oxygens (including phenoxy) is 4. The quantitative estimate of drug-likeness (QED) is 0.0755. The van der Waals surface area contributed by atoms with E-state index in [1.165, 1.54) is 91.2 Å². The highest BCUT2D eigenvalue weighted by Crippen LogP contribution is 2.34. The van der Waals surface area contributed by atoms with E-state index < -0.39 is 5.82 Å². The molecule has 0 radical (unpaired) electrons. The number of aromatic nitrogens is 14. The summed E-state index contributed by atoms with van der Waals surface area (Å²) in [4.78, 5) is 37.8. The Hall–Kier alpha value is -8.78. The summed E-state index contributed by atoms with van der Waals surface area (Å²) in [5, 5.41) is 21.9. The summed E-state index contributed by atoms with van der Waals surface area (Å²) < 4.78 is 73.1. The average molecular weight is 1200 g/mol. The zero-order valence-corrected chi connectivity index (χ0v) is 49.1. The molecule has 6 aliphatic rings. The Morgan fingerprint density at radius 3 is 1.43 bits per heavy atom. The van der Waals surface area contributed by atoms with Crippen LogP contribution in [0.25, 0.3) is 17.1 Å². The van der Waals surface area contributed by atoms with Crippen LogP contribution in [0.15, 0.2) is 118 Å². The first-order valence-corrected chi connectivity index (χ1v) is 30.1. The van der Waals surface area contributed by atoms with Gasteiger partial charge in [-0.2, -0.15) is 10.2 Å². The molecule has 4 N–H and O–H groups in total. The third-order valence-electron chi connectivity index (χ3n) is 17.4. The Kier molecular flexibility index (Phi) is 17.4. The van der Waals surface area contributed by atoms with Gasteiger partial charge in [-0.1, -0.05) is 12.1 Å². The number of nitrogens with one attached hydrogen (secondary N) is 4. The summed E-state index contributed by atoms with van der Waals surface area (Å²) >= 11 is 0. The van der Waals surface area contributed by atoms with Gasteiger partial charge in [0.2, 0.25) is 17.6 Å². The molecule has 456 valence electrons. The lowest BCUT2D eigenvalue weighted by Gasteiger charge is -2.39. The zero-order valence-electron chi connectivity index (χ0n) is 49.1. The topological polar surface area (TPSA) is 242 Å². The molecule has 0 saturated carbocycles. The second-order valence-corrected chi connectivity index (χ2v) is 23.5. The first kappa shape index (κ1) is 58.2. The highest BCUT2D eigenvalue weighted by molar-refractivity contribution is 5.62. The van der Waals surface area contributed by atoms with Gasteiger partial charge in [-0.25, -0.2) is 67.4 Å². The third kappa shape index (κ3) is 13.7. The number of hydrogen-bond donors (Lipinski definition) is 4. The smallest absolute Gasteiger partial charge is 0.221 e. The van der Waals surface area contributed by atoms with Gasteiger partial charge in [0.1, 0.15) is 85.9 Å². The van der Waals surface area contributed by atoms with Gasteiger partial charge >= 0.3 is 0 Å². The molecule has 9 aromatic rings. The largest absolute Gasteiger partial charge is 0.474 e. The fourth-order valence-corrected chi connectivity index (χ4v) is 12.8. The molecule has 12 heterocycles. The molecule has 6 saturated heterocycles. The molecular weight excluding hydrogens is 1130 g/mol. The molecule has 6 aliphatic heterocycles. The predicted molar refractivity (Wildman–Crippen MR) is 318 cm³/mol. The van der Waals surface area contributed by atoms with Crippen molar-refractivity contribution >= 4 is 11.5 Å². The number of benzene rings is 3. The van der Waals surface area contributed by atoms with Crippen LogP contribution in [0.3, 0.4) is 0 Å². The monoisotopic (exact) mass is 1200 g/mol. The van der Waals surface area contributed by atoms with E-state index in [0.717, 1.165) is 72.3 Å². The van der Waals surface area contributed by atoms with Gasteiger partial charge in [-0.05, 0) is 120 Å². The van der Waals surface area contributed by atoms with Crippen LogP contribution in [-0.2, 0) is 17.6 Å². The average Bonchev–Trinajstić information content (AvgIpc) is 2.95. The van der Waals surface area contributed by atoms with Crippen LogP contribution in [0.2, 0.25) is 0 Å². The minimum Gasteiger partial charge on any atom is -0.474 e. The fourth-order valence-electron chi connectivity index (χ4n) is 12.8. The van der Waals surface area contributed by atoms with E-state index in [1.807, 2.05) is 32.9 Å². The van der Waals surface area contributed by atoms with Crippen LogP contribution in [0.4, 0.5) is 24.7 Å². The number of halogens is 3. The lowest BCUT2D eigenvalue weighted by atomic mass is 9.95. The number of imidazole rings is 1. The molecule has 15 rings (SSSR count). The summed E-state index contributed by atoms with van der Waals surface area (Å²) in [5.41, 5.74) is 7.50. The van der Waals surface area contributed by atoms with Crippen LogP contribution >= 0.6 is 0 Å². The third-order valence-corrected chi connectivity index (χ3v) is 17.4. The van der Waals surface area contributed by atoms with Crippen molar-refractivity contribution in [3.63, 3.8) is 0 Å². The second-order valence-electron chi connectivity index (χ2n) is 23.5. The molecule has 0 aliphatic carbocycles. The Labute approximate surface area is 506 Å². The van der Waals surface area contributed by atoms with E-state index in [9.17, 15) is 13.2 Å². The molecule has 0 amide bonds. The summed E-state index contributed by atoms with van der Waals surface area (Å²) in [6, 6.07) is 17.9. The molecule has 3 aromatic carbocycles. The number of hydrogen-bond acceptors (Lipinski definition) is 19. The summed E-state index contributed by atoms with van der Waals surface area (Å²) in [6.07, 6.45) is 27.3. The molecule has 6 bridgehead atoms. The lowest BCUT2D eigenvalue weighted by molar-refractivity contribution is -0.0134.